The topological polar surface area (TPSA) is 104 Å². The molecular weight excluding hydrogens is 296 g/mol. The predicted molar refractivity (Wildman–Crippen MR) is 90.2 cm³/mol. The molecule has 0 bridgehead atoms. The minimum atomic E-state index is -0.0621. The summed E-state index contributed by atoms with van der Waals surface area (Å²) in [5.41, 5.74) is 6.61. The molecule has 1 unspecified atom stereocenters. The van der Waals surface area contributed by atoms with E-state index in [9.17, 15) is 9.59 Å². The normalized spacial score (nSPS) is 17.0. The van der Waals surface area contributed by atoms with Crippen LogP contribution in [0.3, 0.4) is 0 Å². The summed E-state index contributed by atoms with van der Waals surface area (Å²) >= 11 is 0. The molecule has 0 aromatic carbocycles. The monoisotopic (exact) mass is 320 g/mol. The summed E-state index contributed by atoms with van der Waals surface area (Å²) < 4.78 is 0. The summed E-state index contributed by atoms with van der Waals surface area (Å²) in [4.78, 5) is 30.3. The van der Waals surface area contributed by atoms with Crippen LogP contribution in [-0.2, 0) is 9.59 Å². The average Bonchev–Trinajstić information content (AvgIpc) is 2.96. The first-order chi connectivity index (χ1) is 11.0. The number of carbonyl (C=O) groups is 2. The summed E-state index contributed by atoms with van der Waals surface area (Å²) in [6, 6.07) is 3.69. The first-order valence-electron chi connectivity index (χ1n) is 7.71. The lowest BCUT2D eigenvalue weighted by molar-refractivity contribution is -0.118. The van der Waals surface area contributed by atoms with Gasteiger partial charge in [0.15, 0.2) is 5.82 Å². The highest BCUT2D eigenvalue weighted by atomic mass is 16.1. The SMILES string of the molecule is CC(=O)NCCN(C)c1nc(N2CCCC2NC=O)ccc1N. The van der Waals surface area contributed by atoms with Crippen LogP contribution in [0.2, 0.25) is 0 Å². The fourth-order valence-electron chi connectivity index (χ4n) is 2.71. The van der Waals surface area contributed by atoms with Crippen molar-refractivity contribution in [3.8, 4) is 0 Å². The van der Waals surface area contributed by atoms with Crippen molar-refractivity contribution in [1.29, 1.82) is 0 Å². The van der Waals surface area contributed by atoms with Gasteiger partial charge in [-0.3, -0.25) is 9.59 Å². The molecule has 0 aliphatic carbocycles. The molecule has 2 rings (SSSR count). The van der Waals surface area contributed by atoms with E-state index in [-0.39, 0.29) is 12.1 Å². The van der Waals surface area contributed by atoms with Gasteiger partial charge in [-0.05, 0) is 25.0 Å². The van der Waals surface area contributed by atoms with Crippen LogP contribution in [-0.4, -0.2) is 50.1 Å². The van der Waals surface area contributed by atoms with Gasteiger partial charge in [0.2, 0.25) is 12.3 Å². The number of carbonyl (C=O) groups excluding carboxylic acids is 2. The molecule has 23 heavy (non-hydrogen) atoms. The molecule has 0 saturated carbocycles. The molecule has 1 saturated heterocycles. The van der Waals surface area contributed by atoms with Crippen molar-refractivity contribution in [2.24, 2.45) is 0 Å². The van der Waals surface area contributed by atoms with Crippen molar-refractivity contribution < 1.29 is 9.59 Å². The molecule has 0 radical (unpaired) electrons. The van der Waals surface area contributed by atoms with E-state index in [4.69, 9.17) is 5.73 Å². The first-order valence-corrected chi connectivity index (χ1v) is 7.71. The molecule has 4 N–H and O–H groups in total. The molecule has 126 valence electrons. The predicted octanol–water partition coefficient (Wildman–Crippen LogP) is -0.0916. The summed E-state index contributed by atoms with van der Waals surface area (Å²) in [6.45, 7) is 3.46. The maximum absolute atomic E-state index is 10.9. The first kappa shape index (κ1) is 16.9. The van der Waals surface area contributed by atoms with Crippen LogP contribution in [0, 0.1) is 0 Å². The smallest absolute Gasteiger partial charge is 0.216 e. The summed E-state index contributed by atoms with van der Waals surface area (Å²) in [5, 5.41) is 5.57. The summed E-state index contributed by atoms with van der Waals surface area (Å²) in [7, 11) is 1.88. The van der Waals surface area contributed by atoms with Gasteiger partial charge in [-0.25, -0.2) is 4.98 Å². The molecule has 1 aromatic rings. The average molecular weight is 320 g/mol. The molecule has 1 aliphatic rings. The number of nitrogens with zero attached hydrogens (tertiary/aromatic N) is 3. The van der Waals surface area contributed by atoms with Gasteiger partial charge in [-0.2, -0.15) is 0 Å². The highest BCUT2D eigenvalue weighted by molar-refractivity contribution is 5.73. The van der Waals surface area contributed by atoms with E-state index in [0.29, 0.717) is 24.6 Å². The number of aromatic nitrogens is 1. The number of rotatable bonds is 7. The number of nitrogen functional groups attached to an aromatic ring is 1. The van der Waals surface area contributed by atoms with Crippen LogP contribution in [0.4, 0.5) is 17.3 Å². The van der Waals surface area contributed by atoms with Crippen LogP contribution >= 0.6 is 0 Å². The van der Waals surface area contributed by atoms with Crippen molar-refractivity contribution >= 4 is 29.6 Å². The molecule has 1 atom stereocenters. The quantitative estimate of drug-likeness (QED) is 0.607. The molecular formula is C15H24N6O2. The number of nitrogens with two attached hydrogens (primary N) is 1. The molecule has 8 nitrogen and oxygen atoms in total. The Hall–Kier alpha value is -2.51. The van der Waals surface area contributed by atoms with Crippen LogP contribution in [0.25, 0.3) is 0 Å². The number of hydrogen-bond acceptors (Lipinski definition) is 6. The van der Waals surface area contributed by atoms with Gasteiger partial charge in [0, 0.05) is 33.6 Å². The molecule has 8 heteroatoms. The number of likely N-dealkylation sites (N-methyl/N-ethyl adjacent to an activating group) is 1. The van der Waals surface area contributed by atoms with Gasteiger partial charge in [0.05, 0.1) is 5.69 Å². The Labute approximate surface area is 136 Å². The number of pyridine rings is 1. The van der Waals surface area contributed by atoms with Gasteiger partial charge in [-0.15, -0.1) is 0 Å². The van der Waals surface area contributed by atoms with Crippen molar-refractivity contribution in [3.63, 3.8) is 0 Å². The molecule has 1 fully saturated rings. The molecule has 2 heterocycles. The number of nitrogens with one attached hydrogen (secondary N) is 2. The Bertz CT molecular complexity index is 565. The summed E-state index contributed by atoms with van der Waals surface area (Å²) in [5.74, 6) is 1.40. The van der Waals surface area contributed by atoms with Gasteiger partial charge in [-0.1, -0.05) is 0 Å². The van der Waals surface area contributed by atoms with E-state index in [0.717, 1.165) is 31.6 Å². The Morgan fingerprint density at radius 2 is 2.35 bits per heavy atom. The largest absolute Gasteiger partial charge is 0.396 e. The second kappa shape index (κ2) is 7.66. The Morgan fingerprint density at radius 1 is 1.57 bits per heavy atom. The maximum Gasteiger partial charge on any atom is 0.216 e. The van der Waals surface area contributed by atoms with Crippen LogP contribution < -0.4 is 26.2 Å². The highest BCUT2D eigenvalue weighted by Gasteiger charge is 2.25. The second-order valence-electron chi connectivity index (χ2n) is 5.62. The standard InChI is InChI=1S/C15H24N6O2/c1-11(23)17-7-9-20(2)15-12(16)5-6-14(19-15)21-8-3-4-13(21)18-10-22/h5-6,10,13H,3-4,7-9,16H2,1-2H3,(H,17,23)(H,18,22). The highest BCUT2D eigenvalue weighted by Crippen LogP contribution is 2.27. The second-order valence-corrected chi connectivity index (χ2v) is 5.62. The van der Waals surface area contributed by atoms with Crippen molar-refractivity contribution in [2.45, 2.75) is 25.9 Å². The van der Waals surface area contributed by atoms with Gasteiger partial charge in [0.1, 0.15) is 12.0 Å². The molecule has 0 spiro atoms. The Morgan fingerprint density at radius 3 is 3.04 bits per heavy atom. The van der Waals surface area contributed by atoms with Gasteiger partial charge in [0.25, 0.3) is 0 Å². The van der Waals surface area contributed by atoms with Crippen molar-refractivity contribution in [2.75, 3.05) is 42.2 Å². The third-order valence-corrected chi connectivity index (χ3v) is 3.88. The zero-order chi connectivity index (χ0) is 16.8. The van der Waals surface area contributed by atoms with Crippen LogP contribution in [0.5, 0.6) is 0 Å². The number of amides is 2. The molecule has 1 aromatic heterocycles. The fraction of sp³-hybridized carbons (Fsp3) is 0.533. The Balaban J connectivity index is 2.11. The van der Waals surface area contributed by atoms with Gasteiger partial charge < -0.3 is 26.2 Å². The lowest BCUT2D eigenvalue weighted by Gasteiger charge is -2.27. The fourth-order valence-corrected chi connectivity index (χ4v) is 2.71. The van der Waals surface area contributed by atoms with E-state index in [1.165, 1.54) is 6.92 Å². The summed E-state index contributed by atoms with van der Waals surface area (Å²) in [6.07, 6.45) is 2.60. The maximum atomic E-state index is 10.9. The number of hydrogen-bond donors (Lipinski definition) is 3. The van der Waals surface area contributed by atoms with E-state index >= 15 is 0 Å². The van der Waals surface area contributed by atoms with Crippen LogP contribution in [0.15, 0.2) is 12.1 Å². The number of anilines is 3. The molecule has 2 amide bonds. The lowest BCUT2D eigenvalue weighted by Crippen LogP contribution is -2.41. The minimum absolute atomic E-state index is 0.0267. The van der Waals surface area contributed by atoms with Crippen molar-refractivity contribution in [3.05, 3.63) is 12.1 Å². The zero-order valence-corrected chi connectivity index (χ0v) is 13.6. The van der Waals surface area contributed by atoms with Gasteiger partial charge >= 0.3 is 0 Å². The van der Waals surface area contributed by atoms with Crippen molar-refractivity contribution in [1.82, 2.24) is 15.6 Å². The minimum Gasteiger partial charge on any atom is -0.396 e. The van der Waals surface area contributed by atoms with E-state index in [2.05, 4.69) is 20.5 Å². The Kier molecular flexibility index (Phi) is 5.61. The van der Waals surface area contributed by atoms with E-state index < -0.39 is 0 Å². The third kappa shape index (κ3) is 4.24. The zero-order valence-electron chi connectivity index (χ0n) is 13.6. The lowest BCUT2D eigenvalue weighted by atomic mass is 10.3. The third-order valence-electron chi connectivity index (χ3n) is 3.88. The molecule has 1 aliphatic heterocycles. The van der Waals surface area contributed by atoms with E-state index in [1.54, 1.807) is 0 Å². The van der Waals surface area contributed by atoms with Crippen LogP contribution in [0.1, 0.15) is 19.8 Å². The van der Waals surface area contributed by atoms with E-state index in [1.807, 2.05) is 24.1 Å².